The minimum absolute atomic E-state index is 0. The van der Waals surface area contributed by atoms with Gasteiger partial charge in [0.2, 0.25) is 0 Å². The van der Waals surface area contributed by atoms with Crippen LogP contribution in [-0.4, -0.2) is 22.6 Å². The van der Waals surface area contributed by atoms with Crippen molar-refractivity contribution in [3.63, 3.8) is 0 Å². The number of guanidine groups is 1. The number of aliphatic imine (C=N–C) groups is 1. The van der Waals surface area contributed by atoms with Gasteiger partial charge >= 0.3 is 0 Å². The van der Waals surface area contributed by atoms with Crippen LogP contribution in [0.1, 0.15) is 25.2 Å². The summed E-state index contributed by atoms with van der Waals surface area (Å²) in [4.78, 5) is 8.65. The van der Waals surface area contributed by atoms with Gasteiger partial charge < -0.3 is 15.2 Å². The van der Waals surface area contributed by atoms with Crippen molar-refractivity contribution < 1.29 is 0 Å². The summed E-state index contributed by atoms with van der Waals surface area (Å²) in [5.41, 5.74) is 1.11. The van der Waals surface area contributed by atoms with Crippen LogP contribution in [0.3, 0.4) is 0 Å². The number of nitrogens with one attached hydrogen (secondary N) is 2. The van der Waals surface area contributed by atoms with E-state index in [2.05, 4.69) is 39.0 Å². The van der Waals surface area contributed by atoms with Crippen molar-refractivity contribution in [3.05, 3.63) is 53.1 Å². The predicted molar refractivity (Wildman–Crippen MR) is 111 cm³/mol. The standard InChI is InChI=1S/C17H24ClN5.HI/c1-13(2)12-23-8-7-20-16(23)11-22-17(19-3)21-10-14-5-4-6-15(18)9-14;/h4-9,13H,10-12H2,1-3H3,(H2,19,21,22);1H. The quantitative estimate of drug-likeness (QED) is 0.392. The predicted octanol–water partition coefficient (Wildman–Crippen LogP) is 3.68. The van der Waals surface area contributed by atoms with Gasteiger partial charge in [-0.15, -0.1) is 24.0 Å². The van der Waals surface area contributed by atoms with Crippen LogP contribution in [0.4, 0.5) is 0 Å². The highest BCUT2D eigenvalue weighted by atomic mass is 127. The number of aromatic nitrogens is 2. The van der Waals surface area contributed by atoms with Crippen LogP contribution in [0, 0.1) is 5.92 Å². The first-order valence-corrected chi connectivity index (χ1v) is 8.15. The first-order chi connectivity index (χ1) is 11.1. The van der Waals surface area contributed by atoms with Crippen LogP contribution in [0.2, 0.25) is 5.02 Å². The van der Waals surface area contributed by atoms with E-state index in [0.29, 0.717) is 19.0 Å². The maximum Gasteiger partial charge on any atom is 0.191 e. The third-order valence-electron chi connectivity index (χ3n) is 3.35. The topological polar surface area (TPSA) is 54.2 Å². The van der Waals surface area contributed by atoms with Gasteiger partial charge in [0, 0.05) is 37.6 Å². The molecule has 0 saturated heterocycles. The summed E-state index contributed by atoms with van der Waals surface area (Å²) in [6.07, 6.45) is 3.85. The number of nitrogens with zero attached hydrogens (tertiary/aromatic N) is 3. The van der Waals surface area contributed by atoms with Gasteiger partial charge in [-0.25, -0.2) is 4.98 Å². The zero-order valence-electron chi connectivity index (χ0n) is 14.3. The van der Waals surface area contributed by atoms with Crippen LogP contribution in [0.5, 0.6) is 0 Å². The monoisotopic (exact) mass is 461 g/mol. The molecule has 1 aromatic carbocycles. The molecule has 5 nitrogen and oxygen atoms in total. The molecule has 0 aliphatic heterocycles. The average Bonchev–Trinajstić information content (AvgIpc) is 2.94. The summed E-state index contributed by atoms with van der Waals surface area (Å²) in [7, 11) is 1.76. The molecule has 0 saturated carbocycles. The Balaban J connectivity index is 0.00000288. The summed E-state index contributed by atoms with van der Waals surface area (Å²) in [5, 5.41) is 7.31. The molecule has 0 atom stereocenters. The van der Waals surface area contributed by atoms with Gasteiger partial charge in [-0.2, -0.15) is 0 Å². The smallest absolute Gasteiger partial charge is 0.191 e. The van der Waals surface area contributed by atoms with Gasteiger partial charge in [-0.05, 0) is 23.6 Å². The van der Waals surface area contributed by atoms with E-state index in [4.69, 9.17) is 11.6 Å². The fourth-order valence-corrected chi connectivity index (χ4v) is 2.50. The molecule has 7 heteroatoms. The lowest BCUT2D eigenvalue weighted by molar-refractivity contribution is 0.503. The van der Waals surface area contributed by atoms with E-state index in [-0.39, 0.29) is 24.0 Å². The molecular weight excluding hydrogens is 437 g/mol. The fourth-order valence-electron chi connectivity index (χ4n) is 2.28. The summed E-state index contributed by atoms with van der Waals surface area (Å²) < 4.78 is 2.17. The summed E-state index contributed by atoms with van der Waals surface area (Å²) in [6.45, 7) is 6.66. The Morgan fingerprint density at radius 3 is 2.71 bits per heavy atom. The second kappa shape index (κ2) is 10.6. The maximum atomic E-state index is 6.00. The molecule has 0 amide bonds. The van der Waals surface area contributed by atoms with Crippen molar-refractivity contribution in [3.8, 4) is 0 Å². The van der Waals surface area contributed by atoms with Gasteiger partial charge in [0.1, 0.15) is 5.82 Å². The first kappa shape index (κ1) is 20.8. The van der Waals surface area contributed by atoms with Crippen molar-refractivity contribution in [2.24, 2.45) is 10.9 Å². The molecule has 24 heavy (non-hydrogen) atoms. The molecule has 0 aliphatic carbocycles. The molecule has 1 heterocycles. The molecule has 2 aromatic rings. The molecule has 0 radical (unpaired) electrons. The van der Waals surface area contributed by atoms with E-state index in [1.165, 1.54) is 0 Å². The normalized spacial score (nSPS) is 11.3. The van der Waals surface area contributed by atoms with Gasteiger partial charge in [0.15, 0.2) is 5.96 Å². The van der Waals surface area contributed by atoms with Crippen LogP contribution in [-0.2, 0) is 19.6 Å². The Kier molecular flexibility index (Phi) is 9.13. The number of imidazole rings is 1. The van der Waals surface area contributed by atoms with E-state index in [1.807, 2.05) is 36.7 Å². The van der Waals surface area contributed by atoms with Crippen molar-refractivity contribution in [2.75, 3.05) is 7.05 Å². The molecule has 2 N–H and O–H groups in total. The Bertz CT molecular complexity index is 654. The highest BCUT2D eigenvalue weighted by molar-refractivity contribution is 14.0. The van der Waals surface area contributed by atoms with Crippen molar-refractivity contribution in [2.45, 2.75) is 33.5 Å². The summed E-state index contributed by atoms with van der Waals surface area (Å²) >= 11 is 6.00. The molecular formula is C17H25ClIN5. The Morgan fingerprint density at radius 1 is 1.29 bits per heavy atom. The third-order valence-corrected chi connectivity index (χ3v) is 3.59. The maximum absolute atomic E-state index is 6.00. The number of halogens is 2. The zero-order chi connectivity index (χ0) is 16.7. The first-order valence-electron chi connectivity index (χ1n) is 7.77. The second-order valence-electron chi connectivity index (χ2n) is 5.80. The Labute approximate surface area is 165 Å². The molecule has 0 bridgehead atoms. The zero-order valence-corrected chi connectivity index (χ0v) is 17.4. The van der Waals surface area contributed by atoms with Gasteiger partial charge in [0.05, 0.1) is 6.54 Å². The third kappa shape index (κ3) is 6.68. The lowest BCUT2D eigenvalue weighted by Gasteiger charge is -2.14. The van der Waals surface area contributed by atoms with Crippen LogP contribution in [0.15, 0.2) is 41.7 Å². The van der Waals surface area contributed by atoms with Crippen molar-refractivity contribution >= 4 is 41.5 Å². The van der Waals surface area contributed by atoms with Crippen LogP contribution >= 0.6 is 35.6 Å². The SMILES string of the molecule is CN=C(NCc1cccc(Cl)c1)NCc1nccn1CC(C)C.I. The summed E-state index contributed by atoms with van der Waals surface area (Å²) in [5.74, 6) is 2.33. The lowest BCUT2D eigenvalue weighted by atomic mass is 10.2. The minimum Gasteiger partial charge on any atom is -0.352 e. The number of hydrogen-bond acceptors (Lipinski definition) is 2. The van der Waals surface area contributed by atoms with Crippen molar-refractivity contribution in [1.29, 1.82) is 0 Å². The molecule has 0 aliphatic rings. The van der Waals surface area contributed by atoms with Gasteiger partial charge in [-0.1, -0.05) is 37.6 Å². The molecule has 2 rings (SSSR count). The number of rotatable bonds is 6. The van der Waals surface area contributed by atoms with E-state index in [1.54, 1.807) is 7.05 Å². The molecule has 132 valence electrons. The van der Waals surface area contributed by atoms with E-state index < -0.39 is 0 Å². The Hall–Kier alpha value is -1.28. The van der Waals surface area contributed by atoms with E-state index in [0.717, 1.165) is 28.9 Å². The summed E-state index contributed by atoms with van der Waals surface area (Å²) in [6, 6.07) is 7.78. The van der Waals surface area contributed by atoms with Crippen molar-refractivity contribution in [1.82, 2.24) is 20.2 Å². The van der Waals surface area contributed by atoms with Gasteiger partial charge in [-0.3, -0.25) is 4.99 Å². The van der Waals surface area contributed by atoms with Crippen LogP contribution < -0.4 is 10.6 Å². The van der Waals surface area contributed by atoms with E-state index in [9.17, 15) is 0 Å². The molecule has 0 fully saturated rings. The lowest BCUT2D eigenvalue weighted by Crippen LogP contribution is -2.37. The number of hydrogen-bond donors (Lipinski definition) is 2. The minimum atomic E-state index is 0. The average molecular weight is 462 g/mol. The molecule has 1 aromatic heterocycles. The largest absolute Gasteiger partial charge is 0.352 e. The highest BCUT2D eigenvalue weighted by Crippen LogP contribution is 2.10. The van der Waals surface area contributed by atoms with E-state index >= 15 is 0 Å². The molecule has 0 spiro atoms. The molecule has 0 unspecified atom stereocenters. The van der Waals surface area contributed by atoms with Gasteiger partial charge in [0.25, 0.3) is 0 Å². The second-order valence-corrected chi connectivity index (χ2v) is 6.24. The highest BCUT2D eigenvalue weighted by Gasteiger charge is 2.06. The Morgan fingerprint density at radius 2 is 2.04 bits per heavy atom. The number of benzene rings is 1. The fraction of sp³-hybridized carbons (Fsp3) is 0.412. The van der Waals surface area contributed by atoms with Crippen LogP contribution in [0.25, 0.3) is 0 Å².